The Morgan fingerprint density at radius 3 is 2.90 bits per heavy atom. The van der Waals surface area contributed by atoms with Crippen LogP contribution < -0.4 is 10.9 Å². The second kappa shape index (κ2) is 7.72. The lowest BCUT2D eigenvalue weighted by atomic mass is 10.1. The van der Waals surface area contributed by atoms with E-state index in [9.17, 15) is 9.59 Å². The van der Waals surface area contributed by atoms with Gasteiger partial charge in [0.05, 0.1) is 10.2 Å². The third-order valence-electron chi connectivity index (χ3n) is 4.72. The summed E-state index contributed by atoms with van der Waals surface area (Å²) < 4.78 is 8.93. The molecule has 2 aromatic heterocycles. The molecule has 0 aliphatic carbocycles. The molecule has 1 aliphatic heterocycles. The molecule has 6 nitrogen and oxygen atoms in total. The number of halogens is 2. The van der Waals surface area contributed by atoms with E-state index in [0.717, 1.165) is 33.2 Å². The highest BCUT2D eigenvalue weighted by atomic mass is 79.9. The maximum atomic E-state index is 12.8. The molecule has 1 N–H and O–H groups in total. The van der Waals surface area contributed by atoms with E-state index in [1.54, 1.807) is 30.0 Å². The SMILES string of the molecule is O=C(Nc1cccc(-c2cn3c(n2)SCC3)c1)c1cc2cc(Br)cc(Br)c2oc1=O. The number of nitrogens with zero attached hydrogens (tertiary/aromatic N) is 2. The molecule has 0 spiro atoms. The highest BCUT2D eigenvalue weighted by molar-refractivity contribution is 9.11. The van der Waals surface area contributed by atoms with Gasteiger partial charge in [-0.3, -0.25) is 4.79 Å². The van der Waals surface area contributed by atoms with Crippen LogP contribution in [-0.4, -0.2) is 21.2 Å². The van der Waals surface area contributed by atoms with Gasteiger partial charge in [0.1, 0.15) is 5.56 Å². The molecule has 150 valence electrons. The van der Waals surface area contributed by atoms with Gasteiger partial charge in [0, 0.05) is 39.6 Å². The zero-order chi connectivity index (χ0) is 20.8. The molecule has 0 saturated heterocycles. The molecular formula is C21H13Br2N3O3S. The lowest BCUT2D eigenvalue weighted by molar-refractivity contribution is 0.102. The predicted molar refractivity (Wildman–Crippen MR) is 124 cm³/mol. The molecule has 5 rings (SSSR count). The Hall–Kier alpha value is -2.36. The molecule has 4 aromatic rings. The first-order chi connectivity index (χ1) is 14.5. The zero-order valence-corrected chi connectivity index (χ0v) is 19.3. The maximum absolute atomic E-state index is 12.8. The summed E-state index contributed by atoms with van der Waals surface area (Å²) in [7, 11) is 0. The number of carbonyl (C=O) groups is 1. The minimum Gasteiger partial charge on any atom is -0.421 e. The number of imidazole rings is 1. The summed E-state index contributed by atoms with van der Waals surface area (Å²) in [6, 6.07) is 12.5. The second-order valence-corrected chi connectivity index (χ2v) is 9.57. The Labute approximate surface area is 191 Å². The number of thioether (sulfide) groups is 1. The number of benzene rings is 2. The van der Waals surface area contributed by atoms with E-state index in [1.807, 2.05) is 24.4 Å². The Morgan fingerprint density at radius 1 is 1.20 bits per heavy atom. The van der Waals surface area contributed by atoms with Crippen molar-refractivity contribution >= 4 is 66.2 Å². The topological polar surface area (TPSA) is 77.1 Å². The van der Waals surface area contributed by atoms with Gasteiger partial charge in [0.2, 0.25) is 0 Å². The molecule has 0 atom stereocenters. The van der Waals surface area contributed by atoms with Gasteiger partial charge >= 0.3 is 5.63 Å². The van der Waals surface area contributed by atoms with Crippen LogP contribution in [0.1, 0.15) is 10.4 Å². The number of fused-ring (bicyclic) bond motifs is 2. The van der Waals surface area contributed by atoms with Gasteiger partial charge in [0.25, 0.3) is 5.91 Å². The Morgan fingerprint density at radius 2 is 2.07 bits per heavy atom. The number of carbonyl (C=O) groups excluding carboxylic acids is 1. The van der Waals surface area contributed by atoms with Crippen molar-refractivity contribution in [2.75, 3.05) is 11.1 Å². The van der Waals surface area contributed by atoms with Crippen molar-refractivity contribution < 1.29 is 9.21 Å². The minimum atomic E-state index is -0.693. The molecule has 0 saturated carbocycles. The molecule has 30 heavy (non-hydrogen) atoms. The van der Waals surface area contributed by atoms with E-state index >= 15 is 0 Å². The number of aryl methyl sites for hydroxylation is 1. The predicted octanol–water partition coefficient (Wildman–Crippen LogP) is 5.54. The van der Waals surface area contributed by atoms with Crippen LogP contribution in [0.2, 0.25) is 0 Å². The summed E-state index contributed by atoms with van der Waals surface area (Å²) in [6.45, 7) is 0.952. The third kappa shape index (κ3) is 3.61. The zero-order valence-electron chi connectivity index (χ0n) is 15.3. The molecule has 0 bridgehead atoms. The average molecular weight is 547 g/mol. The summed E-state index contributed by atoms with van der Waals surface area (Å²) >= 11 is 8.51. The fraction of sp³-hybridized carbons (Fsp3) is 0.0952. The Balaban J connectivity index is 1.45. The van der Waals surface area contributed by atoms with Gasteiger partial charge in [-0.1, -0.05) is 39.8 Å². The van der Waals surface area contributed by atoms with E-state index in [0.29, 0.717) is 21.1 Å². The van der Waals surface area contributed by atoms with Crippen molar-refractivity contribution in [3.8, 4) is 11.3 Å². The first-order valence-electron chi connectivity index (χ1n) is 9.02. The van der Waals surface area contributed by atoms with Gasteiger partial charge in [0.15, 0.2) is 10.7 Å². The van der Waals surface area contributed by atoms with E-state index < -0.39 is 11.5 Å². The normalized spacial score (nSPS) is 12.9. The molecule has 2 aromatic carbocycles. The van der Waals surface area contributed by atoms with Crippen LogP contribution >= 0.6 is 43.6 Å². The summed E-state index contributed by atoms with van der Waals surface area (Å²) in [4.78, 5) is 29.8. The van der Waals surface area contributed by atoms with Crippen LogP contribution in [0.25, 0.3) is 22.2 Å². The quantitative estimate of drug-likeness (QED) is 0.341. The molecule has 1 amide bonds. The van der Waals surface area contributed by atoms with Crippen molar-refractivity contribution in [2.45, 2.75) is 11.7 Å². The van der Waals surface area contributed by atoms with Gasteiger partial charge in [-0.25, -0.2) is 9.78 Å². The molecular weight excluding hydrogens is 534 g/mol. The number of hydrogen-bond acceptors (Lipinski definition) is 5. The van der Waals surface area contributed by atoms with Crippen molar-refractivity contribution in [1.82, 2.24) is 9.55 Å². The molecule has 0 unspecified atom stereocenters. The lowest BCUT2D eigenvalue weighted by Gasteiger charge is -2.07. The molecule has 3 heterocycles. The molecule has 0 fully saturated rings. The van der Waals surface area contributed by atoms with Crippen molar-refractivity contribution in [3.05, 3.63) is 73.6 Å². The second-order valence-electron chi connectivity index (χ2n) is 6.74. The van der Waals surface area contributed by atoms with E-state index in [2.05, 4.69) is 46.7 Å². The number of aromatic nitrogens is 2. The summed E-state index contributed by atoms with van der Waals surface area (Å²) in [5, 5.41) is 4.43. The molecule has 9 heteroatoms. The largest absolute Gasteiger partial charge is 0.421 e. The van der Waals surface area contributed by atoms with Crippen LogP contribution in [0.3, 0.4) is 0 Å². The standard InChI is InChI=1S/C21H13Br2N3O3S/c22-13-6-12-8-15(20(28)29-18(12)16(23)9-13)19(27)24-14-3-1-2-11(7-14)17-10-26-4-5-30-21(26)25-17/h1-3,6-10H,4-5H2,(H,24,27). The van der Waals surface area contributed by atoms with Gasteiger partial charge in [-0.15, -0.1) is 0 Å². The number of hydrogen-bond donors (Lipinski definition) is 1. The van der Waals surface area contributed by atoms with Crippen LogP contribution in [0, 0.1) is 0 Å². The van der Waals surface area contributed by atoms with Crippen molar-refractivity contribution in [1.29, 1.82) is 0 Å². The van der Waals surface area contributed by atoms with Crippen LogP contribution in [-0.2, 0) is 6.54 Å². The fourth-order valence-corrected chi connectivity index (χ4v) is 5.60. The number of rotatable bonds is 3. The number of amides is 1. The highest BCUT2D eigenvalue weighted by Gasteiger charge is 2.18. The van der Waals surface area contributed by atoms with Crippen LogP contribution in [0.4, 0.5) is 5.69 Å². The average Bonchev–Trinajstić information content (AvgIpc) is 3.30. The summed E-state index contributed by atoms with van der Waals surface area (Å²) in [5.41, 5.74) is 1.97. The first kappa shape index (κ1) is 19.6. The third-order valence-corrected chi connectivity index (χ3v) is 6.73. The fourth-order valence-electron chi connectivity index (χ4n) is 3.32. The smallest absolute Gasteiger partial charge is 0.349 e. The number of nitrogens with one attached hydrogen (secondary N) is 1. The van der Waals surface area contributed by atoms with Crippen molar-refractivity contribution in [3.63, 3.8) is 0 Å². The Bertz CT molecular complexity index is 1360. The monoisotopic (exact) mass is 545 g/mol. The first-order valence-corrected chi connectivity index (χ1v) is 11.6. The Kier molecular flexibility index (Phi) is 5.04. The molecule has 1 aliphatic rings. The molecule has 0 radical (unpaired) electrons. The van der Waals surface area contributed by atoms with Gasteiger partial charge in [-0.2, -0.15) is 0 Å². The van der Waals surface area contributed by atoms with Crippen LogP contribution in [0.5, 0.6) is 0 Å². The summed E-state index contributed by atoms with van der Waals surface area (Å²) in [6.07, 6.45) is 2.02. The van der Waals surface area contributed by atoms with Crippen LogP contribution in [0.15, 0.2) is 72.0 Å². The highest BCUT2D eigenvalue weighted by Crippen LogP contribution is 2.30. The van der Waals surface area contributed by atoms with Gasteiger partial charge in [-0.05, 0) is 46.3 Å². The summed E-state index contributed by atoms with van der Waals surface area (Å²) in [5.74, 6) is 0.516. The van der Waals surface area contributed by atoms with E-state index in [1.165, 1.54) is 6.07 Å². The lowest BCUT2D eigenvalue weighted by Crippen LogP contribution is -2.20. The van der Waals surface area contributed by atoms with Gasteiger partial charge < -0.3 is 14.3 Å². The minimum absolute atomic E-state index is 0.0599. The van der Waals surface area contributed by atoms with E-state index in [4.69, 9.17) is 4.42 Å². The van der Waals surface area contributed by atoms with Crippen molar-refractivity contribution in [2.24, 2.45) is 0 Å². The number of anilines is 1. The van der Waals surface area contributed by atoms with E-state index in [-0.39, 0.29) is 5.56 Å². The maximum Gasteiger partial charge on any atom is 0.349 e.